The van der Waals surface area contributed by atoms with Crippen LogP contribution in [0, 0.1) is 0 Å². The van der Waals surface area contributed by atoms with Gasteiger partial charge in [0.1, 0.15) is 0 Å². The first-order valence-electron chi connectivity index (χ1n) is 14.2. The minimum Gasteiger partial charge on any atom is -0.254 e. The molecule has 196 valence electrons. The van der Waals surface area contributed by atoms with Crippen LogP contribution in [0.15, 0.2) is 146 Å². The Morgan fingerprint density at radius 3 is 1.35 bits per heavy atom. The van der Waals surface area contributed by atoms with Gasteiger partial charge < -0.3 is 0 Å². The zero-order valence-corrected chi connectivity index (χ0v) is 24.6. The molecule has 0 bridgehead atoms. The maximum Gasteiger partial charge on any atom is 0.0315 e. The molecule has 1 heterocycles. The van der Waals surface area contributed by atoms with Crippen LogP contribution >= 0.6 is 16.1 Å². The average molecular weight is 554 g/mol. The van der Waals surface area contributed by atoms with Crippen molar-refractivity contribution in [3.8, 4) is 0 Å². The van der Waals surface area contributed by atoms with Crippen molar-refractivity contribution < 1.29 is 0 Å². The maximum absolute atomic E-state index is 2.82. The normalized spacial score (nSPS) is 17.8. The Hall–Kier alpha value is -3.34. The molecule has 1 aliphatic heterocycles. The summed E-state index contributed by atoms with van der Waals surface area (Å²) in [5, 5.41) is 8.19. The molecule has 0 radical (unpaired) electrons. The van der Waals surface area contributed by atoms with E-state index in [1.54, 1.807) is 0 Å². The number of fused-ring (bicyclic) bond motifs is 2. The molecule has 0 aromatic heterocycles. The van der Waals surface area contributed by atoms with Crippen LogP contribution in [0.5, 0.6) is 0 Å². The first kappa shape index (κ1) is 25.6. The summed E-state index contributed by atoms with van der Waals surface area (Å²) in [4.78, 5) is 0. The van der Waals surface area contributed by atoms with E-state index < -0.39 is 16.1 Å². The summed E-state index contributed by atoms with van der Waals surface area (Å²) in [5.74, 6) is 0. The third-order valence-corrected chi connectivity index (χ3v) is 14.7. The van der Waals surface area contributed by atoms with E-state index in [4.69, 9.17) is 0 Å². The highest BCUT2D eigenvalue weighted by molar-refractivity contribution is 7.79. The van der Waals surface area contributed by atoms with Gasteiger partial charge in [0.25, 0.3) is 0 Å². The fourth-order valence-electron chi connectivity index (χ4n) is 6.39. The molecule has 0 unspecified atom stereocenters. The lowest BCUT2D eigenvalue weighted by Crippen LogP contribution is -2.24. The van der Waals surface area contributed by atoms with Crippen LogP contribution in [0.4, 0.5) is 0 Å². The van der Waals surface area contributed by atoms with E-state index in [0.29, 0.717) is 11.3 Å². The lowest BCUT2D eigenvalue weighted by molar-refractivity contribution is 0.766. The van der Waals surface area contributed by atoms with E-state index in [1.807, 2.05) is 0 Å². The van der Waals surface area contributed by atoms with Crippen molar-refractivity contribution in [2.24, 2.45) is 0 Å². The highest BCUT2D eigenvalue weighted by atomic mass is 31.2. The summed E-state index contributed by atoms with van der Waals surface area (Å²) in [7, 11) is 1.24. The van der Waals surface area contributed by atoms with Crippen LogP contribution < -0.4 is 10.6 Å². The quantitative estimate of drug-likeness (QED) is 0.186. The summed E-state index contributed by atoms with van der Waals surface area (Å²) >= 11 is 0. The van der Waals surface area contributed by atoms with Crippen molar-refractivity contribution in [1.29, 1.82) is 0 Å². The van der Waals surface area contributed by atoms with Crippen molar-refractivity contribution in [1.82, 2.24) is 4.44 Å². The van der Waals surface area contributed by atoms with Crippen LogP contribution in [0.25, 0.3) is 21.5 Å². The summed E-state index contributed by atoms with van der Waals surface area (Å²) in [5.41, 5.74) is 4.05. The first-order chi connectivity index (χ1) is 19.8. The first-order valence-corrected chi connectivity index (χ1v) is 16.9. The second-order valence-electron chi connectivity index (χ2n) is 10.7. The van der Waals surface area contributed by atoms with E-state index in [-0.39, 0.29) is 0 Å². The summed E-state index contributed by atoms with van der Waals surface area (Å²) in [6.07, 6.45) is 2.44. The molecule has 1 nitrogen and oxygen atoms in total. The maximum atomic E-state index is 2.82. The number of benzene rings is 6. The second kappa shape index (κ2) is 11.3. The largest absolute Gasteiger partial charge is 0.254 e. The van der Waals surface area contributed by atoms with Gasteiger partial charge in [0.15, 0.2) is 0 Å². The number of hydrogen-bond donors (Lipinski definition) is 0. The van der Waals surface area contributed by atoms with E-state index in [2.05, 4.69) is 157 Å². The molecule has 0 N–H and O–H groups in total. The zero-order valence-electron chi connectivity index (χ0n) is 22.8. The van der Waals surface area contributed by atoms with E-state index in [1.165, 1.54) is 56.1 Å². The van der Waals surface area contributed by atoms with Gasteiger partial charge in [-0.2, -0.15) is 0 Å². The Morgan fingerprint density at radius 2 is 0.900 bits per heavy atom. The molecule has 0 amide bonds. The molecule has 0 saturated carbocycles. The monoisotopic (exact) mass is 553 g/mol. The van der Waals surface area contributed by atoms with Crippen LogP contribution in [-0.2, 0) is 0 Å². The standard InChI is InChI=1S/C37H33NP2/c1-38(39(34-16-4-2-5-17-34)35-18-6-3-7-19-35)40-36(32-22-20-28-12-8-10-14-30(28)26-32)24-25-37(40)33-23-21-29-13-9-11-15-31(29)27-33/h2-23,26-27,36-37H,24-25H2,1H3/t36-,37-/m0/s1. The molecular weight excluding hydrogens is 520 g/mol. The molecule has 0 spiro atoms. The van der Waals surface area contributed by atoms with Gasteiger partial charge in [-0.25, -0.2) is 0 Å². The van der Waals surface area contributed by atoms with E-state index in [0.717, 1.165) is 0 Å². The molecule has 1 aliphatic rings. The zero-order chi connectivity index (χ0) is 26.9. The fourth-order valence-corrected chi connectivity index (χ4v) is 13.5. The topological polar surface area (TPSA) is 3.24 Å². The third kappa shape index (κ3) is 4.88. The molecular formula is C37H33NP2. The van der Waals surface area contributed by atoms with E-state index in [9.17, 15) is 0 Å². The van der Waals surface area contributed by atoms with Gasteiger partial charge in [-0.1, -0.05) is 146 Å². The van der Waals surface area contributed by atoms with Crippen molar-refractivity contribution in [2.45, 2.75) is 24.2 Å². The smallest absolute Gasteiger partial charge is 0.0315 e. The highest BCUT2D eigenvalue weighted by Crippen LogP contribution is 2.75. The highest BCUT2D eigenvalue weighted by Gasteiger charge is 2.43. The van der Waals surface area contributed by atoms with Crippen molar-refractivity contribution in [3.05, 3.63) is 157 Å². The predicted molar refractivity (Wildman–Crippen MR) is 176 cm³/mol. The van der Waals surface area contributed by atoms with E-state index >= 15 is 0 Å². The molecule has 1 saturated heterocycles. The Labute approximate surface area is 240 Å². The lowest BCUT2D eigenvalue weighted by atomic mass is 10.00. The Bertz CT molecular complexity index is 1620. The predicted octanol–water partition coefficient (Wildman–Crippen LogP) is 9.95. The Morgan fingerprint density at radius 1 is 0.500 bits per heavy atom. The second-order valence-corrected chi connectivity index (χ2v) is 15.9. The molecule has 40 heavy (non-hydrogen) atoms. The van der Waals surface area contributed by atoms with Gasteiger partial charge in [-0.3, -0.25) is 4.44 Å². The van der Waals surface area contributed by atoms with Gasteiger partial charge in [0.2, 0.25) is 0 Å². The summed E-state index contributed by atoms with van der Waals surface area (Å²) in [6.45, 7) is 0. The summed E-state index contributed by atoms with van der Waals surface area (Å²) in [6, 6.07) is 54.4. The Balaban J connectivity index is 1.36. The molecule has 2 atom stereocenters. The molecule has 7 rings (SSSR count). The fraction of sp³-hybridized carbons (Fsp3) is 0.135. The Kier molecular flexibility index (Phi) is 7.22. The van der Waals surface area contributed by atoms with Crippen LogP contribution in [0.3, 0.4) is 0 Å². The van der Waals surface area contributed by atoms with Gasteiger partial charge in [0, 0.05) is 19.4 Å². The molecule has 1 fully saturated rings. The molecule has 6 aromatic carbocycles. The molecule has 6 aromatic rings. The van der Waals surface area contributed by atoms with Crippen molar-refractivity contribution >= 4 is 48.3 Å². The lowest BCUT2D eigenvalue weighted by Gasteiger charge is -2.40. The molecule has 3 heteroatoms. The van der Waals surface area contributed by atoms with Crippen LogP contribution in [0.1, 0.15) is 35.3 Å². The van der Waals surface area contributed by atoms with Crippen LogP contribution in [-0.4, -0.2) is 11.5 Å². The number of nitrogens with zero attached hydrogens (tertiary/aromatic N) is 1. The van der Waals surface area contributed by atoms with Gasteiger partial charge >= 0.3 is 0 Å². The third-order valence-electron chi connectivity index (χ3n) is 8.29. The van der Waals surface area contributed by atoms with Crippen LogP contribution in [0.2, 0.25) is 0 Å². The minimum absolute atomic E-state index is 0.521. The number of hydrogen-bond acceptors (Lipinski definition) is 1. The summed E-state index contributed by atoms with van der Waals surface area (Å²) < 4.78 is 2.82. The van der Waals surface area contributed by atoms with Gasteiger partial charge in [-0.05, 0) is 71.2 Å². The van der Waals surface area contributed by atoms with Gasteiger partial charge in [0.05, 0.1) is 0 Å². The van der Waals surface area contributed by atoms with Crippen molar-refractivity contribution in [2.75, 3.05) is 7.05 Å². The van der Waals surface area contributed by atoms with Gasteiger partial charge in [-0.15, -0.1) is 0 Å². The number of rotatable bonds is 6. The molecule has 0 aliphatic carbocycles. The average Bonchev–Trinajstić information content (AvgIpc) is 3.47. The minimum atomic E-state index is -0.664. The van der Waals surface area contributed by atoms with Crippen molar-refractivity contribution in [3.63, 3.8) is 0 Å². The SMILES string of the molecule is CN(P(c1ccccc1)c1ccccc1)P1[C@H](c2ccc3ccccc3c2)CC[C@H]1c1ccc2ccccc2c1.